The number of nitrogens with zero attached hydrogens (tertiary/aromatic N) is 4. The second kappa shape index (κ2) is 5.15. The Balaban J connectivity index is 1.85. The van der Waals surface area contributed by atoms with E-state index in [4.69, 9.17) is 4.74 Å². The molecule has 1 aliphatic heterocycles. The van der Waals surface area contributed by atoms with Crippen LogP contribution in [0.3, 0.4) is 0 Å². The summed E-state index contributed by atoms with van der Waals surface area (Å²) in [6.45, 7) is 0.634. The van der Waals surface area contributed by atoms with Crippen molar-refractivity contribution in [1.82, 2.24) is 20.6 Å². The van der Waals surface area contributed by atoms with Gasteiger partial charge in [-0.05, 0) is 36.1 Å². The monoisotopic (exact) mass is 258 g/mol. The Morgan fingerprint density at radius 2 is 2.42 bits per heavy atom. The van der Waals surface area contributed by atoms with E-state index in [-0.39, 0.29) is 5.90 Å². The lowest BCUT2D eigenvalue weighted by atomic mass is 10.2. The summed E-state index contributed by atoms with van der Waals surface area (Å²) in [5.74, 6) is 0.240. The first-order valence-electron chi connectivity index (χ1n) is 6.04. The molecule has 2 heterocycles. The summed E-state index contributed by atoms with van der Waals surface area (Å²) in [5, 5.41) is 25.5. The van der Waals surface area contributed by atoms with Gasteiger partial charge in [-0.25, -0.2) is 0 Å². The van der Waals surface area contributed by atoms with Crippen LogP contribution in [0.1, 0.15) is 12.8 Å². The van der Waals surface area contributed by atoms with Gasteiger partial charge in [0.2, 0.25) is 5.82 Å². The highest BCUT2D eigenvalue weighted by Gasteiger charge is 2.15. The van der Waals surface area contributed by atoms with E-state index >= 15 is 0 Å². The summed E-state index contributed by atoms with van der Waals surface area (Å²) in [6.07, 6.45) is 1.26. The molecule has 1 aliphatic rings. The molecule has 0 amide bonds. The summed E-state index contributed by atoms with van der Waals surface area (Å²) in [5.41, 5.74) is 1.33. The van der Waals surface area contributed by atoms with Crippen LogP contribution in [0.2, 0.25) is 0 Å². The van der Waals surface area contributed by atoms with Crippen LogP contribution in [0.15, 0.2) is 29.3 Å². The molecular formula is C12H12N5O2-. The largest absolute Gasteiger partial charge is 0.860 e. The quantitative estimate of drug-likeness (QED) is 0.636. The fraction of sp³-hybridized carbons (Fsp3) is 0.333. The summed E-state index contributed by atoms with van der Waals surface area (Å²) in [4.78, 5) is 4.06. The number of nitrogens with one attached hydrogen (secondary N) is 1. The molecule has 0 bridgehead atoms. The number of H-pyrrole nitrogens is 1. The van der Waals surface area contributed by atoms with E-state index in [1.807, 2.05) is 6.07 Å². The number of ether oxygens (including phenoxy) is 1. The molecule has 2 aromatic rings. The lowest BCUT2D eigenvalue weighted by molar-refractivity contribution is -0.228. The van der Waals surface area contributed by atoms with Crippen molar-refractivity contribution in [3.63, 3.8) is 0 Å². The van der Waals surface area contributed by atoms with E-state index < -0.39 is 6.10 Å². The molecule has 0 radical (unpaired) electrons. The highest BCUT2D eigenvalue weighted by Crippen LogP contribution is 2.21. The molecule has 1 aromatic carbocycles. The van der Waals surface area contributed by atoms with Gasteiger partial charge >= 0.3 is 0 Å². The van der Waals surface area contributed by atoms with Crippen LogP contribution < -0.4 is 5.11 Å². The fourth-order valence-electron chi connectivity index (χ4n) is 1.97. The highest BCUT2D eigenvalue weighted by molar-refractivity contribution is 5.80. The smallest absolute Gasteiger partial charge is 0.204 e. The van der Waals surface area contributed by atoms with E-state index in [0.717, 1.165) is 18.4 Å². The zero-order valence-electron chi connectivity index (χ0n) is 10.1. The maximum absolute atomic E-state index is 11.9. The topological polar surface area (TPSA) is 99.1 Å². The molecule has 0 spiro atoms. The number of aromatic nitrogens is 4. The number of tetrazole rings is 1. The van der Waals surface area contributed by atoms with E-state index in [2.05, 4.69) is 25.6 Å². The van der Waals surface area contributed by atoms with Gasteiger partial charge in [-0.2, -0.15) is 5.21 Å². The molecule has 98 valence electrons. The molecule has 1 fully saturated rings. The van der Waals surface area contributed by atoms with Gasteiger partial charge in [0.05, 0.1) is 11.8 Å². The van der Waals surface area contributed by atoms with Crippen LogP contribution >= 0.6 is 0 Å². The predicted molar refractivity (Wildman–Crippen MR) is 65.7 cm³/mol. The van der Waals surface area contributed by atoms with Crippen molar-refractivity contribution in [2.75, 3.05) is 6.61 Å². The minimum atomic E-state index is -0.395. The van der Waals surface area contributed by atoms with Gasteiger partial charge < -0.3 is 9.84 Å². The molecule has 0 saturated carbocycles. The third-order valence-electron chi connectivity index (χ3n) is 2.89. The summed E-state index contributed by atoms with van der Waals surface area (Å²) >= 11 is 0. The first-order valence-corrected chi connectivity index (χ1v) is 6.04. The number of aromatic amines is 1. The van der Waals surface area contributed by atoms with Gasteiger partial charge in [0.15, 0.2) is 0 Å². The molecule has 1 saturated heterocycles. The SMILES string of the molecule is [O-]C(=Nc1cccc(-c2nn[nH]n2)c1)[C@H]1CCCO1. The van der Waals surface area contributed by atoms with E-state index in [0.29, 0.717) is 18.1 Å². The van der Waals surface area contributed by atoms with Gasteiger partial charge in [-0.15, -0.1) is 10.2 Å². The summed E-state index contributed by atoms with van der Waals surface area (Å²) in [7, 11) is 0. The average Bonchev–Trinajstić information content (AvgIpc) is 3.13. The van der Waals surface area contributed by atoms with E-state index in [1.54, 1.807) is 18.2 Å². The molecule has 1 atom stereocenters. The van der Waals surface area contributed by atoms with Crippen LogP contribution in [-0.2, 0) is 4.74 Å². The van der Waals surface area contributed by atoms with Crippen molar-refractivity contribution in [2.45, 2.75) is 18.9 Å². The first kappa shape index (κ1) is 11.8. The normalized spacial score (nSPS) is 19.8. The third-order valence-corrected chi connectivity index (χ3v) is 2.89. The second-order valence-corrected chi connectivity index (χ2v) is 4.24. The van der Waals surface area contributed by atoms with Gasteiger partial charge in [0.25, 0.3) is 0 Å². The number of aliphatic imine (C=N–C) groups is 1. The van der Waals surface area contributed by atoms with Gasteiger partial charge in [0, 0.05) is 12.2 Å². The standard InChI is InChI=1S/C12H13N5O2/c18-12(10-5-2-6-19-10)13-9-4-1-3-8(7-9)11-14-16-17-15-11/h1,3-4,7,10H,2,5-6H2,(H,13,18)(H,14,15,16,17)/p-1/t10-/m1/s1. The number of rotatable bonds is 3. The van der Waals surface area contributed by atoms with Crippen molar-refractivity contribution in [1.29, 1.82) is 0 Å². The average molecular weight is 258 g/mol. The third kappa shape index (κ3) is 2.60. The van der Waals surface area contributed by atoms with Crippen LogP contribution in [0.4, 0.5) is 5.69 Å². The molecule has 1 N–H and O–H groups in total. The Bertz CT molecular complexity index is 576. The Kier molecular flexibility index (Phi) is 3.20. The molecule has 19 heavy (non-hydrogen) atoms. The van der Waals surface area contributed by atoms with Gasteiger partial charge in [-0.3, -0.25) is 4.99 Å². The lowest BCUT2D eigenvalue weighted by Crippen LogP contribution is -2.31. The zero-order valence-corrected chi connectivity index (χ0v) is 10.1. The van der Waals surface area contributed by atoms with Gasteiger partial charge in [0.1, 0.15) is 0 Å². The Hall–Kier alpha value is -2.28. The van der Waals surface area contributed by atoms with Crippen molar-refractivity contribution in [2.24, 2.45) is 4.99 Å². The van der Waals surface area contributed by atoms with Crippen molar-refractivity contribution in [3.05, 3.63) is 24.3 Å². The number of hydrogen-bond acceptors (Lipinski definition) is 6. The van der Waals surface area contributed by atoms with Crippen LogP contribution in [-0.4, -0.2) is 39.2 Å². The maximum Gasteiger partial charge on any atom is 0.204 e. The molecule has 7 nitrogen and oxygen atoms in total. The van der Waals surface area contributed by atoms with Crippen molar-refractivity contribution in [3.8, 4) is 11.4 Å². The van der Waals surface area contributed by atoms with E-state index in [9.17, 15) is 5.11 Å². The second-order valence-electron chi connectivity index (χ2n) is 4.24. The Morgan fingerprint density at radius 1 is 1.47 bits per heavy atom. The number of benzene rings is 1. The van der Waals surface area contributed by atoms with Crippen molar-refractivity contribution < 1.29 is 9.84 Å². The Morgan fingerprint density at radius 3 is 3.16 bits per heavy atom. The molecule has 7 heteroatoms. The van der Waals surface area contributed by atoms with Crippen LogP contribution in [0, 0.1) is 0 Å². The first-order chi connectivity index (χ1) is 9.33. The van der Waals surface area contributed by atoms with Crippen LogP contribution in [0.5, 0.6) is 0 Å². The fourth-order valence-corrected chi connectivity index (χ4v) is 1.97. The zero-order chi connectivity index (χ0) is 13.1. The molecule has 0 unspecified atom stereocenters. The minimum absolute atomic E-state index is 0.234. The maximum atomic E-state index is 11.9. The molecule has 0 aliphatic carbocycles. The predicted octanol–water partition coefficient (Wildman–Crippen LogP) is 0.436. The van der Waals surface area contributed by atoms with Crippen molar-refractivity contribution >= 4 is 11.6 Å². The highest BCUT2D eigenvalue weighted by atomic mass is 16.5. The van der Waals surface area contributed by atoms with Crippen LogP contribution in [0.25, 0.3) is 11.4 Å². The lowest BCUT2D eigenvalue weighted by Gasteiger charge is -2.17. The molecular weight excluding hydrogens is 246 g/mol. The summed E-state index contributed by atoms with van der Waals surface area (Å²) < 4.78 is 5.31. The van der Waals surface area contributed by atoms with E-state index in [1.165, 1.54) is 0 Å². The number of hydrogen-bond donors (Lipinski definition) is 1. The summed E-state index contributed by atoms with van der Waals surface area (Å²) in [6, 6.07) is 7.14. The molecule has 3 rings (SSSR count). The Labute approximate surface area is 109 Å². The molecule has 1 aromatic heterocycles. The minimum Gasteiger partial charge on any atom is -0.860 e. The van der Waals surface area contributed by atoms with Gasteiger partial charge in [-0.1, -0.05) is 12.1 Å².